The summed E-state index contributed by atoms with van der Waals surface area (Å²) in [7, 11) is 3.29. The van der Waals surface area contributed by atoms with Crippen molar-refractivity contribution >= 4 is 11.9 Å². The molecule has 6 nitrogen and oxygen atoms in total. The van der Waals surface area contributed by atoms with Gasteiger partial charge < -0.3 is 14.7 Å². The van der Waals surface area contributed by atoms with Crippen LogP contribution in [0.2, 0.25) is 0 Å². The Morgan fingerprint density at radius 2 is 1.50 bits per heavy atom. The summed E-state index contributed by atoms with van der Waals surface area (Å²) in [6, 6.07) is 10.1. The predicted octanol–water partition coefficient (Wildman–Crippen LogP) is 5.21. The van der Waals surface area contributed by atoms with Crippen molar-refractivity contribution in [2.75, 3.05) is 45.2 Å². The number of piperazine rings is 1. The first-order chi connectivity index (χ1) is 17.8. The number of rotatable bonds is 5. The Kier molecular flexibility index (Phi) is 7.63. The van der Waals surface area contributed by atoms with E-state index in [1.54, 1.807) is 30.3 Å². The van der Waals surface area contributed by atoms with Crippen molar-refractivity contribution in [3.05, 3.63) is 77.1 Å². The minimum absolute atomic E-state index is 0.00523. The highest BCUT2D eigenvalue weighted by molar-refractivity contribution is 5.99. The molecule has 0 unspecified atom stereocenters. The Hall–Kier alpha value is -3.67. The Labute approximate surface area is 215 Å². The van der Waals surface area contributed by atoms with Gasteiger partial charge in [0.2, 0.25) is 5.95 Å². The van der Waals surface area contributed by atoms with E-state index in [2.05, 4.69) is 14.9 Å². The highest BCUT2D eigenvalue weighted by atomic mass is 19.4. The molecule has 1 aliphatic heterocycles. The summed E-state index contributed by atoms with van der Waals surface area (Å²) in [5.74, 6) is -0.333. The number of aromatic nitrogens is 2. The van der Waals surface area contributed by atoms with Crippen LogP contribution in [-0.4, -0.2) is 65.9 Å². The molecule has 4 rings (SSSR count). The van der Waals surface area contributed by atoms with Gasteiger partial charge in [-0.15, -0.1) is 0 Å². The summed E-state index contributed by atoms with van der Waals surface area (Å²) in [6.45, 7) is 2.31. The average Bonchev–Trinajstić information content (AvgIpc) is 2.87. The van der Waals surface area contributed by atoms with Crippen LogP contribution in [0.1, 0.15) is 27.2 Å². The van der Waals surface area contributed by atoms with Crippen molar-refractivity contribution in [3.8, 4) is 11.1 Å². The minimum Gasteiger partial charge on any atom is -0.338 e. The van der Waals surface area contributed by atoms with Gasteiger partial charge >= 0.3 is 12.4 Å². The number of nitrogens with zero attached hydrogens (tertiary/aromatic N) is 5. The van der Waals surface area contributed by atoms with Gasteiger partial charge in [0.05, 0.1) is 11.1 Å². The molecule has 3 aromatic rings. The number of hydrogen-bond acceptors (Lipinski definition) is 5. The second-order valence-electron chi connectivity index (χ2n) is 9.16. The summed E-state index contributed by atoms with van der Waals surface area (Å²) >= 11 is 0. The fourth-order valence-corrected chi connectivity index (χ4v) is 4.16. The third-order valence-corrected chi connectivity index (χ3v) is 6.26. The van der Waals surface area contributed by atoms with Crippen LogP contribution in [0, 0.1) is 0 Å². The summed E-state index contributed by atoms with van der Waals surface area (Å²) in [6.07, 6.45) is -8.45. The normalized spacial score (nSPS) is 15.0. The number of anilines is 1. The maximum absolute atomic E-state index is 13.6. The molecule has 0 spiro atoms. The van der Waals surface area contributed by atoms with E-state index in [9.17, 15) is 31.1 Å². The molecule has 0 atom stereocenters. The Balaban J connectivity index is 1.69. The number of halogens is 6. The first-order valence-electron chi connectivity index (χ1n) is 11.7. The van der Waals surface area contributed by atoms with Crippen LogP contribution >= 0.6 is 0 Å². The van der Waals surface area contributed by atoms with E-state index in [4.69, 9.17) is 0 Å². The van der Waals surface area contributed by atoms with Crippen LogP contribution in [0.3, 0.4) is 0 Å². The second-order valence-corrected chi connectivity index (χ2v) is 9.16. The molecule has 0 aliphatic carbocycles. The van der Waals surface area contributed by atoms with Gasteiger partial charge in [0.1, 0.15) is 5.69 Å². The fourth-order valence-electron chi connectivity index (χ4n) is 4.16. The molecule has 1 amide bonds. The smallest absolute Gasteiger partial charge is 0.338 e. The second kappa shape index (κ2) is 10.6. The van der Waals surface area contributed by atoms with Crippen molar-refractivity contribution in [2.24, 2.45) is 0 Å². The summed E-state index contributed by atoms with van der Waals surface area (Å²) in [5, 5.41) is 0. The molecule has 202 valence electrons. The number of benzene rings is 2. The van der Waals surface area contributed by atoms with Gasteiger partial charge in [-0.05, 0) is 36.4 Å². The van der Waals surface area contributed by atoms with E-state index in [-0.39, 0.29) is 17.3 Å². The van der Waals surface area contributed by atoms with Gasteiger partial charge in [0.25, 0.3) is 5.91 Å². The van der Waals surface area contributed by atoms with E-state index in [0.29, 0.717) is 42.3 Å². The molecule has 38 heavy (non-hydrogen) atoms. The van der Waals surface area contributed by atoms with Crippen molar-refractivity contribution in [1.29, 1.82) is 0 Å². The van der Waals surface area contributed by atoms with E-state index >= 15 is 0 Å². The van der Waals surface area contributed by atoms with Gasteiger partial charge in [-0.2, -0.15) is 26.3 Å². The highest BCUT2D eigenvalue weighted by Gasteiger charge is 2.37. The first-order valence-corrected chi connectivity index (χ1v) is 11.7. The average molecular weight is 538 g/mol. The Morgan fingerprint density at radius 3 is 2.05 bits per heavy atom. The Bertz CT molecular complexity index is 1260. The highest BCUT2D eigenvalue weighted by Crippen LogP contribution is 2.36. The zero-order valence-corrected chi connectivity index (χ0v) is 20.6. The lowest BCUT2D eigenvalue weighted by atomic mass is 10.0. The van der Waals surface area contributed by atoms with Crippen LogP contribution in [0.15, 0.2) is 54.7 Å². The lowest BCUT2D eigenvalue weighted by molar-refractivity contribution is -0.143. The molecule has 1 aliphatic rings. The third-order valence-electron chi connectivity index (χ3n) is 6.26. The fraction of sp³-hybridized carbons (Fsp3) is 0.346. The number of amides is 1. The van der Waals surface area contributed by atoms with E-state index in [1.807, 2.05) is 11.9 Å². The zero-order valence-electron chi connectivity index (χ0n) is 20.6. The Morgan fingerprint density at radius 1 is 0.921 bits per heavy atom. The number of alkyl halides is 6. The van der Waals surface area contributed by atoms with Gasteiger partial charge in [0, 0.05) is 51.5 Å². The molecule has 0 saturated carbocycles. The van der Waals surface area contributed by atoms with Gasteiger partial charge in [-0.25, -0.2) is 9.97 Å². The van der Waals surface area contributed by atoms with E-state index in [0.717, 1.165) is 18.0 Å². The molecule has 0 radical (unpaired) electrons. The van der Waals surface area contributed by atoms with Crippen LogP contribution in [-0.2, 0) is 18.9 Å². The molecule has 0 bridgehead atoms. The standard InChI is InChI=1S/C26H25F6N5O/c1-35-8-10-37(11-9-35)24-33-15-21(18-6-4-3-5-7-18)22(34-24)23(38)36(2)16-17-12-19(25(27,28)29)14-20(13-17)26(30,31)32/h3-7,12-15H,8-11,16H2,1-2H3. The molecule has 12 heteroatoms. The van der Waals surface area contributed by atoms with Gasteiger partial charge in [0.15, 0.2) is 0 Å². The number of carbonyl (C=O) groups is 1. The maximum atomic E-state index is 13.6. The SMILES string of the molecule is CN1CCN(c2ncc(-c3ccccc3)c(C(=O)N(C)Cc3cc(C(F)(F)F)cc(C(F)(F)F)c3)n2)CC1. The van der Waals surface area contributed by atoms with Crippen LogP contribution in [0.4, 0.5) is 32.3 Å². The molecule has 2 aromatic carbocycles. The van der Waals surface area contributed by atoms with Crippen LogP contribution < -0.4 is 4.90 Å². The summed E-state index contributed by atoms with van der Waals surface area (Å²) in [5.41, 5.74) is -2.13. The number of hydrogen-bond donors (Lipinski definition) is 0. The molecule has 1 aromatic heterocycles. The summed E-state index contributed by atoms with van der Waals surface area (Å²) < 4.78 is 79.9. The quantitative estimate of drug-likeness (QED) is 0.419. The van der Waals surface area contributed by atoms with Crippen LogP contribution in [0.25, 0.3) is 11.1 Å². The third kappa shape index (κ3) is 6.24. The minimum atomic E-state index is -4.98. The van der Waals surface area contributed by atoms with E-state index < -0.39 is 35.9 Å². The molecule has 0 N–H and O–H groups in total. The molecule has 2 heterocycles. The molecular weight excluding hydrogens is 512 g/mol. The van der Waals surface area contributed by atoms with Crippen molar-refractivity contribution in [1.82, 2.24) is 19.8 Å². The molecule has 1 saturated heterocycles. The number of likely N-dealkylation sites (N-methyl/N-ethyl adjacent to an activating group) is 1. The topological polar surface area (TPSA) is 52.6 Å². The van der Waals surface area contributed by atoms with Gasteiger partial charge in [-0.1, -0.05) is 30.3 Å². The first kappa shape index (κ1) is 27.4. The zero-order chi connectivity index (χ0) is 27.7. The van der Waals surface area contributed by atoms with Crippen LogP contribution in [0.5, 0.6) is 0 Å². The van der Waals surface area contributed by atoms with E-state index in [1.165, 1.54) is 13.2 Å². The van der Waals surface area contributed by atoms with Crippen molar-refractivity contribution < 1.29 is 31.1 Å². The lowest BCUT2D eigenvalue weighted by Crippen LogP contribution is -2.45. The predicted molar refractivity (Wildman–Crippen MR) is 129 cm³/mol. The van der Waals surface area contributed by atoms with Crippen molar-refractivity contribution in [3.63, 3.8) is 0 Å². The molecule has 1 fully saturated rings. The largest absolute Gasteiger partial charge is 0.416 e. The number of carbonyl (C=O) groups excluding carboxylic acids is 1. The monoisotopic (exact) mass is 537 g/mol. The molecular formula is C26H25F6N5O. The lowest BCUT2D eigenvalue weighted by Gasteiger charge is -2.32. The van der Waals surface area contributed by atoms with Crippen molar-refractivity contribution in [2.45, 2.75) is 18.9 Å². The maximum Gasteiger partial charge on any atom is 0.416 e. The summed E-state index contributed by atoms with van der Waals surface area (Å²) in [4.78, 5) is 27.6. The van der Waals surface area contributed by atoms with Gasteiger partial charge in [-0.3, -0.25) is 4.79 Å².